The van der Waals surface area contributed by atoms with Gasteiger partial charge < -0.3 is 4.42 Å². The Morgan fingerprint density at radius 1 is 0.574 bits per heavy atom. The van der Waals surface area contributed by atoms with Crippen molar-refractivity contribution in [2.45, 2.75) is 27.7 Å². The van der Waals surface area contributed by atoms with Crippen LogP contribution in [0, 0.1) is 6.92 Å². The Bertz CT molecular complexity index is 2930. The van der Waals surface area contributed by atoms with Crippen molar-refractivity contribution in [1.29, 1.82) is 0 Å². The molecule has 0 fully saturated rings. The second-order valence-corrected chi connectivity index (χ2v) is 14.7. The minimum Gasteiger partial charge on any atom is -0.455 e. The van der Waals surface area contributed by atoms with Crippen LogP contribution in [-0.4, -0.2) is 0 Å². The normalized spacial score (nSPS) is 13.3. The number of hydrogen-bond donors (Lipinski definition) is 0. The van der Waals surface area contributed by atoms with E-state index in [2.05, 4.69) is 174 Å². The molecule has 2 heterocycles. The van der Waals surface area contributed by atoms with Crippen LogP contribution < -0.4 is 0 Å². The topological polar surface area (TPSA) is 13.1 Å². The number of hydrogen-bond acceptors (Lipinski definition) is 2. The Morgan fingerprint density at radius 3 is 1.96 bits per heavy atom. The maximum absolute atomic E-state index is 6.59. The second-order valence-electron chi connectivity index (χ2n) is 13.6. The molecular formula is C52H42OS. The second kappa shape index (κ2) is 14.7. The lowest BCUT2D eigenvalue weighted by molar-refractivity contribution is 0.673. The molecule has 2 heteroatoms. The van der Waals surface area contributed by atoms with Crippen LogP contribution in [0.15, 0.2) is 180 Å². The molecule has 8 rings (SSSR count). The first-order chi connectivity index (χ1) is 26.5. The summed E-state index contributed by atoms with van der Waals surface area (Å²) in [5.74, 6) is 0. The Kier molecular flexibility index (Phi) is 9.46. The summed E-state index contributed by atoms with van der Waals surface area (Å²) in [5.41, 5.74) is 12.1. The van der Waals surface area contributed by atoms with Crippen LogP contribution >= 0.6 is 11.3 Å². The number of benzene rings is 6. The molecule has 0 saturated carbocycles. The fourth-order valence-corrected chi connectivity index (χ4v) is 8.95. The smallest absolute Gasteiger partial charge is 0.143 e. The molecule has 0 unspecified atom stereocenters. The van der Waals surface area contributed by atoms with Gasteiger partial charge in [-0.2, -0.15) is 0 Å². The lowest BCUT2D eigenvalue weighted by Gasteiger charge is -2.16. The van der Waals surface area contributed by atoms with Gasteiger partial charge in [0.25, 0.3) is 0 Å². The molecular weight excluding hydrogens is 673 g/mol. The van der Waals surface area contributed by atoms with Gasteiger partial charge in [0.2, 0.25) is 0 Å². The Morgan fingerprint density at radius 2 is 1.24 bits per heavy atom. The summed E-state index contributed by atoms with van der Waals surface area (Å²) in [5, 5.41) is 8.30. The molecule has 0 saturated heterocycles. The van der Waals surface area contributed by atoms with Gasteiger partial charge in [-0.25, -0.2) is 0 Å². The van der Waals surface area contributed by atoms with E-state index in [-0.39, 0.29) is 0 Å². The molecule has 0 aliphatic rings. The van der Waals surface area contributed by atoms with Crippen molar-refractivity contribution >= 4 is 82.1 Å². The highest BCUT2D eigenvalue weighted by molar-refractivity contribution is 7.20. The Hall–Kier alpha value is -6.22. The van der Waals surface area contributed by atoms with Gasteiger partial charge >= 0.3 is 0 Å². The van der Waals surface area contributed by atoms with Gasteiger partial charge in [-0.1, -0.05) is 122 Å². The molecule has 0 amide bonds. The van der Waals surface area contributed by atoms with Crippen LogP contribution in [0.2, 0.25) is 0 Å². The number of allylic oxidation sites excluding steroid dienone is 11. The average molecular weight is 715 g/mol. The fourth-order valence-electron chi connectivity index (χ4n) is 7.74. The maximum atomic E-state index is 6.59. The molecule has 8 aromatic rings. The zero-order chi connectivity index (χ0) is 37.3. The van der Waals surface area contributed by atoms with Crippen molar-refractivity contribution in [3.63, 3.8) is 0 Å². The first-order valence-corrected chi connectivity index (χ1v) is 19.3. The van der Waals surface area contributed by atoms with Crippen molar-refractivity contribution in [1.82, 2.24) is 0 Å². The SMILES string of the molecule is C=CC(/C(C=C)=C(\C=C\C)c1ccc2cc(-c3ccc4oc5c6cc7c(C)c(/C=C\C)sc7cc6ccc5c4c3)ccc2c1)=C(/C=C/C)c1ccccc1. The van der Waals surface area contributed by atoms with Crippen LogP contribution in [0.4, 0.5) is 0 Å². The summed E-state index contributed by atoms with van der Waals surface area (Å²) in [6.07, 6.45) is 16.7. The molecule has 0 spiro atoms. The van der Waals surface area contributed by atoms with Crippen LogP contribution in [-0.2, 0) is 0 Å². The number of furan rings is 1. The Labute approximate surface area is 321 Å². The number of rotatable bonds is 9. The molecule has 6 aromatic carbocycles. The first-order valence-electron chi connectivity index (χ1n) is 18.5. The van der Waals surface area contributed by atoms with Gasteiger partial charge in [-0.05, 0) is 148 Å². The van der Waals surface area contributed by atoms with E-state index >= 15 is 0 Å². The number of thiophene rings is 1. The molecule has 54 heavy (non-hydrogen) atoms. The molecule has 0 aliphatic carbocycles. The van der Waals surface area contributed by atoms with E-state index in [1.807, 2.05) is 36.5 Å². The van der Waals surface area contributed by atoms with Gasteiger partial charge in [0.1, 0.15) is 11.2 Å². The molecule has 0 aliphatic heterocycles. The summed E-state index contributed by atoms with van der Waals surface area (Å²) in [6, 6.07) is 39.6. The molecule has 0 radical (unpaired) electrons. The first kappa shape index (κ1) is 34.8. The minimum atomic E-state index is 0.905. The van der Waals surface area contributed by atoms with E-state index in [0.717, 1.165) is 66.3 Å². The van der Waals surface area contributed by atoms with Crippen LogP contribution in [0.1, 0.15) is 42.3 Å². The minimum absolute atomic E-state index is 0.905. The van der Waals surface area contributed by atoms with E-state index in [4.69, 9.17) is 4.42 Å². The highest BCUT2D eigenvalue weighted by Gasteiger charge is 2.16. The van der Waals surface area contributed by atoms with Crippen LogP contribution in [0.3, 0.4) is 0 Å². The third-order valence-electron chi connectivity index (χ3n) is 10.4. The summed E-state index contributed by atoms with van der Waals surface area (Å²) in [4.78, 5) is 1.31. The molecule has 1 nitrogen and oxygen atoms in total. The summed E-state index contributed by atoms with van der Waals surface area (Å²) >= 11 is 1.85. The van der Waals surface area contributed by atoms with Crippen LogP contribution in [0.25, 0.3) is 81.9 Å². The van der Waals surface area contributed by atoms with Gasteiger partial charge in [-0.3, -0.25) is 0 Å². The van der Waals surface area contributed by atoms with E-state index in [9.17, 15) is 0 Å². The molecule has 0 atom stereocenters. The summed E-state index contributed by atoms with van der Waals surface area (Å²) in [7, 11) is 0. The van der Waals surface area contributed by atoms with Crippen molar-refractivity contribution < 1.29 is 4.42 Å². The molecule has 262 valence electrons. The third-order valence-corrected chi connectivity index (χ3v) is 11.6. The Balaban J connectivity index is 1.20. The highest BCUT2D eigenvalue weighted by Crippen LogP contribution is 2.41. The third kappa shape index (κ3) is 6.09. The summed E-state index contributed by atoms with van der Waals surface area (Å²) in [6.45, 7) is 16.9. The lowest BCUT2D eigenvalue weighted by atomic mass is 9.88. The van der Waals surface area contributed by atoms with Gasteiger partial charge in [0.05, 0.1) is 0 Å². The number of aryl methyl sites for hydroxylation is 1. The predicted octanol–water partition coefficient (Wildman–Crippen LogP) is 15.8. The van der Waals surface area contributed by atoms with Crippen LogP contribution in [0.5, 0.6) is 0 Å². The quantitative estimate of drug-likeness (QED) is 0.136. The van der Waals surface area contributed by atoms with Gasteiger partial charge in [-0.15, -0.1) is 11.3 Å². The monoisotopic (exact) mass is 714 g/mol. The van der Waals surface area contributed by atoms with Gasteiger partial charge in [0.15, 0.2) is 0 Å². The van der Waals surface area contributed by atoms with Gasteiger partial charge in [0, 0.05) is 25.7 Å². The van der Waals surface area contributed by atoms with E-state index in [0.29, 0.717) is 0 Å². The largest absolute Gasteiger partial charge is 0.455 e. The fraction of sp³-hybridized carbons (Fsp3) is 0.0769. The molecule has 0 bridgehead atoms. The molecule has 0 N–H and O–H groups in total. The van der Waals surface area contributed by atoms with E-state index in [1.54, 1.807) is 0 Å². The van der Waals surface area contributed by atoms with Crippen molar-refractivity contribution in [3.8, 4) is 11.1 Å². The molecule has 2 aromatic heterocycles. The van der Waals surface area contributed by atoms with Crippen molar-refractivity contribution in [2.24, 2.45) is 0 Å². The maximum Gasteiger partial charge on any atom is 0.143 e. The number of fused-ring (bicyclic) bond motifs is 7. The van der Waals surface area contributed by atoms with Crippen molar-refractivity contribution in [3.05, 3.63) is 198 Å². The summed E-state index contributed by atoms with van der Waals surface area (Å²) < 4.78 is 7.90. The lowest BCUT2D eigenvalue weighted by Crippen LogP contribution is -1.95. The van der Waals surface area contributed by atoms with Crippen molar-refractivity contribution in [2.75, 3.05) is 0 Å². The highest BCUT2D eigenvalue weighted by atomic mass is 32.1. The average Bonchev–Trinajstić information content (AvgIpc) is 3.73. The van der Waals surface area contributed by atoms with E-state index in [1.165, 1.54) is 42.2 Å². The van der Waals surface area contributed by atoms with E-state index < -0.39 is 0 Å². The predicted molar refractivity (Wildman–Crippen MR) is 239 cm³/mol. The zero-order valence-electron chi connectivity index (χ0n) is 31.2. The zero-order valence-corrected chi connectivity index (χ0v) is 32.1. The standard InChI is InChI=1S/C52H42OS/c1-7-15-43(34-18-13-12-14-19-34)41(10-4)42(11-5)44(16-8-2)39-23-22-35-28-36(20-21-37(35)29-39)38-25-27-49-48(30-38)45-26-24-40-31-51-46(32-47(40)52(45)53-49)33(6)50(54-51)17-9-3/h7-32H,4-5H2,1-3,6H3/b15-7+,16-8+,17-9-,43-41+,44-42+.